The molecule has 0 aliphatic rings. The number of hydrogen-bond donors (Lipinski definition) is 0. The summed E-state index contributed by atoms with van der Waals surface area (Å²) in [5.74, 6) is -0.163. The molecule has 2 nitrogen and oxygen atoms in total. The molecule has 3 aromatic rings. The minimum absolute atomic E-state index is 0.163. The molecule has 0 aliphatic carbocycles. The summed E-state index contributed by atoms with van der Waals surface area (Å²) in [7, 11) is 0. The van der Waals surface area contributed by atoms with Crippen LogP contribution in [0.3, 0.4) is 0 Å². The van der Waals surface area contributed by atoms with E-state index >= 15 is 0 Å². The van der Waals surface area contributed by atoms with Crippen LogP contribution in [0.4, 0.5) is 0 Å². The molecule has 0 fully saturated rings. The number of ether oxygens (including phenoxy) is 1. The van der Waals surface area contributed by atoms with Gasteiger partial charge in [0.05, 0.1) is 0 Å². The van der Waals surface area contributed by atoms with Crippen LogP contribution in [0.15, 0.2) is 84.9 Å². The van der Waals surface area contributed by atoms with Crippen molar-refractivity contribution in [1.82, 2.24) is 0 Å². The van der Waals surface area contributed by atoms with E-state index < -0.39 is 0 Å². The number of rotatable bonds is 6. The van der Waals surface area contributed by atoms with Crippen LogP contribution in [-0.4, -0.2) is 5.97 Å². The Labute approximate surface area is 149 Å². The van der Waals surface area contributed by atoms with Crippen LogP contribution in [0.5, 0.6) is 0 Å². The van der Waals surface area contributed by atoms with Crippen LogP contribution >= 0.6 is 0 Å². The van der Waals surface area contributed by atoms with Gasteiger partial charge in [-0.2, -0.15) is 0 Å². The largest absolute Gasteiger partial charge is 0.458 e. The van der Waals surface area contributed by atoms with Gasteiger partial charge in [-0.1, -0.05) is 84.9 Å². The van der Waals surface area contributed by atoms with Crippen molar-refractivity contribution in [3.63, 3.8) is 0 Å². The summed E-state index contributed by atoms with van der Waals surface area (Å²) in [6.07, 6.45) is 0.864. The molecule has 0 aromatic heterocycles. The minimum Gasteiger partial charge on any atom is -0.458 e. The SMILES string of the molecule is CC(OC(=O)CCc1ccccc1)c1ccc(-c2ccccc2)cc1. The fourth-order valence-electron chi connectivity index (χ4n) is 2.79. The van der Waals surface area contributed by atoms with Gasteiger partial charge in [0.2, 0.25) is 0 Å². The maximum Gasteiger partial charge on any atom is 0.306 e. The topological polar surface area (TPSA) is 26.3 Å². The Kier molecular flexibility index (Phi) is 5.63. The fraction of sp³-hybridized carbons (Fsp3) is 0.174. The van der Waals surface area contributed by atoms with E-state index in [0.717, 1.165) is 16.7 Å². The van der Waals surface area contributed by atoms with Crippen LogP contribution in [-0.2, 0) is 16.0 Å². The number of hydrogen-bond acceptors (Lipinski definition) is 2. The first kappa shape index (κ1) is 17.0. The van der Waals surface area contributed by atoms with Gasteiger partial charge in [-0.25, -0.2) is 0 Å². The molecule has 0 saturated heterocycles. The van der Waals surface area contributed by atoms with Gasteiger partial charge in [0.1, 0.15) is 6.10 Å². The second-order valence-corrected chi connectivity index (χ2v) is 6.11. The van der Waals surface area contributed by atoms with E-state index in [4.69, 9.17) is 4.74 Å². The summed E-state index contributed by atoms with van der Waals surface area (Å²) < 4.78 is 5.56. The Bertz CT molecular complexity index is 793. The molecule has 0 bridgehead atoms. The highest BCUT2D eigenvalue weighted by Gasteiger charge is 2.12. The lowest BCUT2D eigenvalue weighted by Crippen LogP contribution is -2.09. The van der Waals surface area contributed by atoms with Crippen LogP contribution in [0.1, 0.15) is 30.6 Å². The predicted molar refractivity (Wildman–Crippen MR) is 101 cm³/mol. The van der Waals surface area contributed by atoms with Crippen molar-refractivity contribution in [2.24, 2.45) is 0 Å². The van der Waals surface area contributed by atoms with Crippen LogP contribution in [0.25, 0.3) is 11.1 Å². The Hall–Kier alpha value is -2.87. The first-order chi connectivity index (χ1) is 12.2. The first-order valence-corrected chi connectivity index (χ1v) is 8.61. The zero-order valence-electron chi connectivity index (χ0n) is 14.4. The van der Waals surface area contributed by atoms with Crippen molar-refractivity contribution in [3.8, 4) is 11.1 Å². The lowest BCUT2D eigenvalue weighted by molar-refractivity contribution is -0.148. The molecule has 1 unspecified atom stereocenters. The summed E-state index contributed by atoms with van der Waals surface area (Å²) in [5.41, 5.74) is 4.50. The van der Waals surface area contributed by atoms with E-state index in [1.165, 1.54) is 5.56 Å². The van der Waals surface area contributed by atoms with Crippen LogP contribution in [0, 0.1) is 0 Å². The number of esters is 1. The Balaban J connectivity index is 1.55. The van der Waals surface area contributed by atoms with Gasteiger partial charge < -0.3 is 4.74 Å². The van der Waals surface area contributed by atoms with E-state index in [0.29, 0.717) is 12.8 Å². The normalized spacial score (nSPS) is 11.7. The van der Waals surface area contributed by atoms with Crippen LogP contribution in [0.2, 0.25) is 0 Å². The van der Waals surface area contributed by atoms with Crippen molar-refractivity contribution >= 4 is 5.97 Å². The Morgan fingerprint density at radius 1 is 0.800 bits per heavy atom. The van der Waals surface area contributed by atoms with Gasteiger partial charge in [0.25, 0.3) is 0 Å². The van der Waals surface area contributed by atoms with E-state index in [2.05, 4.69) is 24.3 Å². The van der Waals surface area contributed by atoms with Gasteiger partial charge in [0, 0.05) is 6.42 Å². The first-order valence-electron chi connectivity index (χ1n) is 8.61. The summed E-state index contributed by atoms with van der Waals surface area (Å²) in [5, 5.41) is 0. The molecule has 0 amide bonds. The zero-order valence-corrected chi connectivity index (χ0v) is 14.4. The molecule has 0 saturated carbocycles. The molecule has 3 aromatic carbocycles. The molecule has 126 valence electrons. The Morgan fingerprint density at radius 2 is 1.36 bits per heavy atom. The summed E-state index contributed by atoms with van der Waals surface area (Å²) in [4.78, 5) is 12.1. The highest BCUT2D eigenvalue weighted by atomic mass is 16.5. The minimum atomic E-state index is -0.243. The third kappa shape index (κ3) is 4.80. The van der Waals surface area contributed by atoms with E-state index in [1.807, 2.05) is 67.6 Å². The van der Waals surface area contributed by atoms with E-state index in [9.17, 15) is 4.79 Å². The molecular formula is C23H22O2. The number of aryl methyl sites for hydroxylation is 1. The molecule has 25 heavy (non-hydrogen) atoms. The predicted octanol–water partition coefficient (Wildman–Crippen LogP) is 5.59. The highest BCUT2D eigenvalue weighted by molar-refractivity contribution is 5.70. The third-order valence-corrected chi connectivity index (χ3v) is 4.26. The number of carbonyl (C=O) groups excluding carboxylic acids is 1. The third-order valence-electron chi connectivity index (χ3n) is 4.26. The molecule has 0 heterocycles. The highest BCUT2D eigenvalue weighted by Crippen LogP contribution is 2.23. The maximum atomic E-state index is 12.1. The average molecular weight is 330 g/mol. The van der Waals surface area contributed by atoms with Gasteiger partial charge in [-0.3, -0.25) is 4.79 Å². The van der Waals surface area contributed by atoms with Crippen molar-refractivity contribution in [1.29, 1.82) is 0 Å². The van der Waals surface area contributed by atoms with Crippen molar-refractivity contribution in [2.45, 2.75) is 25.9 Å². The lowest BCUT2D eigenvalue weighted by atomic mass is 10.0. The van der Waals surface area contributed by atoms with Crippen molar-refractivity contribution < 1.29 is 9.53 Å². The Morgan fingerprint density at radius 3 is 2.00 bits per heavy atom. The molecule has 0 spiro atoms. The molecule has 1 atom stereocenters. The van der Waals surface area contributed by atoms with Gasteiger partial charge in [-0.05, 0) is 35.6 Å². The standard InChI is InChI=1S/C23H22O2/c1-18(25-23(24)17-12-19-8-4-2-5-9-19)20-13-15-22(16-14-20)21-10-6-3-7-11-21/h2-11,13-16,18H,12,17H2,1H3. The quantitative estimate of drug-likeness (QED) is 0.551. The summed E-state index contributed by atoms with van der Waals surface area (Å²) in [6.45, 7) is 1.91. The number of carbonyl (C=O) groups is 1. The second-order valence-electron chi connectivity index (χ2n) is 6.11. The fourth-order valence-corrected chi connectivity index (χ4v) is 2.79. The molecule has 0 aliphatic heterocycles. The molecule has 3 rings (SSSR count). The molecule has 0 N–H and O–H groups in total. The monoisotopic (exact) mass is 330 g/mol. The maximum absolute atomic E-state index is 12.1. The average Bonchev–Trinajstić information content (AvgIpc) is 2.68. The summed E-state index contributed by atoms with van der Waals surface area (Å²) in [6, 6.07) is 28.4. The molecule has 0 radical (unpaired) electrons. The van der Waals surface area contributed by atoms with Gasteiger partial charge >= 0.3 is 5.97 Å². The van der Waals surface area contributed by atoms with E-state index in [-0.39, 0.29) is 12.1 Å². The van der Waals surface area contributed by atoms with Gasteiger partial charge in [-0.15, -0.1) is 0 Å². The smallest absolute Gasteiger partial charge is 0.306 e. The van der Waals surface area contributed by atoms with Gasteiger partial charge in [0.15, 0.2) is 0 Å². The number of benzene rings is 3. The van der Waals surface area contributed by atoms with Crippen molar-refractivity contribution in [2.75, 3.05) is 0 Å². The summed E-state index contributed by atoms with van der Waals surface area (Å²) >= 11 is 0. The van der Waals surface area contributed by atoms with E-state index in [1.54, 1.807) is 0 Å². The molecular weight excluding hydrogens is 308 g/mol. The lowest BCUT2D eigenvalue weighted by Gasteiger charge is -2.14. The van der Waals surface area contributed by atoms with Crippen molar-refractivity contribution in [3.05, 3.63) is 96.1 Å². The molecule has 2 heteroatoms. The van der Waals surface area contributed by atoms with Crippen LogP contribution < -0.4 is 0 Å². The zero-order chi connectivity index (χ0) is 17.5. The second kappa shape index (κ2) is 8.29.